The molecule has 1 aliphatic rings. The number of hydrogen-bond acceptors (Lipinski definition) is 6. The zero-order chi connectivity index (χ0) is 24.2. The summed E-state index contributed by atoms with van der Waals surface area (Å²) in [5.41, 5.74) is 1.32. The number of aromatic nitrogens is 2. The molecule has 0 saturated carbocycles. The van der Waals surface area contributed by atoms with E-state index in [0.29, 0.717) is 29.5 Å². The number of carbonyl (C=O) groups is 3. The first-order valence-electron chi connectivity index (χ1n) is 11.0. The van der Waals surface area contributed by atoms with E-state index >= 15 is 0 Å². The number of aryl methyl sites for hydroxylation is 1. The summed E-state index contributed by atoms with van der Waals surface area (Å²) in [5.74, 6) is -0.688. The zero-order valence-electron chi connectivity index (χ0n) is 19.7. The van der Waals surface area contributed by atoms with Crippen molar-refractivity contribution in [2.75, 3.05) is 17.2 Å². The van der Waals surface area contributed by atoms with E-state index in [1.807, 2.05) is 12.1 Å². The third-order valence-corrected chi connectivity index (χ3v) is 5.32. The van der Waals surface area contributed by atoms with Gasteiger partial charge in [0.15, 0.2) is 0 Å². The molecule has 1 saturated heterocycles. The molecule has 9 heteroatoms. The molecule has 9 nitrogen and oxygen atoms in total. The van der Waals surface area contributed by atoms with Crippen molar-refractivity contribution in [1.29, 1.82) is 0 Å². The zero-order valence-corrected chi connectivity index (χ0v) is 19.7. The molecule has 0 spiro atoms. The van der Waals surface area contributed by atoms with Crippen molar-refractivity contribution < 1.29 is 19.1 Å². The molecule has 0 aliphatic carbocycles. The molecular weight excluding hydrogens is 422 g/mol. The van der Waals surface area contributed by atoms with E-state index in [-0.39, 0.29) is 6.04 Å². The standard InChI is InChI=1S/C24H31N5O4/c1-15-6-7-19(17-8-10-25-11-9-17)29(14-15)22(31)21(30)27-18-12-16(2)20(26-13-18)28-23(32)33-24(3,4)5/h8-13,15,19H,6-7,14H2,1-5H3,(H,27,30)(H,26,28,32)/t15-,19+/m0/s1. The highest BCUT2D eigenvalue weighted by molar-refractivity contribution is 6.39. The molecule has 0 aromatic carbocycles. The summed E-state index contributed by atoms with van der Waals surface area (Å²) in [6.07, 6.45) is 5.92. The predicted molar refractivity (Wildman–Crippen MR) is 125 cm³/mol. The van der Waals surface area contributed by atoms with Crippen LogP contribution in [0.3, 0.4) is 0 Å². The van der Waals surface area contributed by atoms with Gasteiger partial charge >= 0.3 is 17.9 Å². The fourth-order valence-electron chi connectivity index (χ4n) is 3.80. The minimum absolute atomic E-state index is 0.164. The van der Waals surface area contributed by atoms with Gasteiger partial charge in [-0.3, -0.25) is 19.9 Å². The van der Waals surface area contributed by atoms with Crippen LogP contribution in [0.25, 0.3) is 0 Å². The van der Waals surface area contributed by atoms with Crippen molar-refractivity contribution in [3.8, 4) is 0 Å². The Morgan fingerprint density at radius 2 is 1.82 bits per heavy atom. The summed E-state index contributed by atoms with van der Waals surface area (Å²) in [7, 11) is 0. The number of piperidine rings is 1. The lowest BCUT2D eigenvalue weighted by atomic mass is 9.90. The van der Waals surface area contributed by atoms with Crippen molar-refractivity contribution in [1.82, 2.24) is 14.9 Å². The van der Waals surface area contributed by atoms with Gasteiger partial charge in [0.1, 0.15) is 11.4 Å². The van der Waals surface area contributed by atoms with E-state index < -0.39 is 23.5 Å². The van der Waals surface area contributed by atoms with Gasteiger partial charge in [0.2, 0.25) is 0 Å². The SMILES string of the molecule is Cc1cc(NC(=O)C(=O)N2C[C@@H](C)CC[C@@H]2c2ccncc2)cnc1NC(=O)OC(C)(C)C. The monoisotopic (exact) mass is 453 g/mol. The third-order valence-electron chi connectivity index (χ3n) is 5.32. The molecule has 1 fully saturated rings. The molecule has 2 atom stereocenters. The van der Waals surface area contributed by atoms with Crippen LogP contribution in [0.5, 0.6) is 0 Å². The second-order valence-corrected chi connectivity index (χ2v) is 9.41. The maximum atomic E-state index is 13.1. The smallest absolute Gasteiger partial charge is 0.413 e. The maximum absolute atomic E-state index is 13.1. The van der Waals surface area contributed by atoms with Gasteiger partial charge in [-0.15, -0.1) is 0 Å². The highest BCUT2D eigenvalue weighted by Crippen LogP contribution is 2.33. The number of amides is 3. The summed E-state index contributed by atoms with van der Waals surface area (Å²) < 4.78 is 5.23. The topological polar surface area (TPSA) is 114 Å². The van der Waals surface area contributed by atoms with Crippen LogP contribution in [0.4, 0.5) is 16.3 Å². The highest BCUT2D eigenvalue weighted by Gasteiger charge is 2.34. The van der Waals surface area contributed by atoms with Gasteiger partial charge in [-0.25, -0.2) is 9.78 Å². The number of ether oxygens (including phenoxy) is 1. The van der Waals surface area contributed by atoms with E-state index in [9.17, 15) is 14.4 Å². The van der Waals surface area contributed by atoms with Crippen LogP contribution < -0.4 is 10.6 Å². The average Bonchev–Trinajstić information content (AvgIpc) is 2.74. The van der Waals surface area contributed by atoms with E-state index in [2.05, 4.69) is 27.5 Å². The molecular formula is C24H31N5O4. The first-order chi connectivity index (χ1) is 15.5. The number of rotatable bonds is 3. The summed E-state index contributed by atoms with van der Waals surface area (Å²) in [5, 5.41) is 5.22. The van der Waals surface area contributed by atoms with E-state index in [0.717, 1.165) is 18.4 Å². The Labute approximate surface area is 193 Å². The van der Waals surface area contributed by atoms with Crippen molar-refractivity contribution in [3.63, 3.8) is 0 Å². The lowest BCUT2D eigenvalue weighted by Crippen LogP contribution is -2.46. The maximum Gasteiger partial charge on any atom is 0.413 e. The summed E-state index contributed by atoms with van der Waals surface area (Å²) >= 11 is 0. The molecule has 1 aliphatic heterocycles. The number of pyridine rings is 2. The van der Waals surface area contributed by atoms with Crippen molar-refractivity contribution in [2.24, 2.45) is 5.92 Å². The Balaban J connectivity index is 1.69. The molecule has 2 aromatic heterocycles. The average molecular weight is 454 g/mol. The molecule has 176 valence electrons. The fraction of sp³-hybridized carbons (Fsp3) is 0.458. The number of likely N-dealkylation sites (tertiary alicyclic amines) is 1. The Morgan fingerprint density at radius 3 is 2.45 bits per heavy atom. The van der Waals surface area contributed by atoms with Crippen LogP contribution in [-0.2, 0) is 14.3 Å². The normalized spacial score (nSPS) is 18.4. The van der Waals surface area contributed by atoms with Crippen LogP contribution in [0.15, 0.2) is 36.8 Å². The van der Waals surface area contributed by atoms with Crippen LogP contribution in [0.2, 0.25) is 0 Å². The molecule has 2 aromatic rings. The number of hydrogen-bond donors (Lipinski definition) is 2. The van der Waals surface area contributed by atoms with E-state index in [4.69, 9.17) is 4.74 Å². The van der Waals surface area contributed by atoms with Crippen LogP contribution in [0.1, 0.15) is 57.7 Å². The van der Waals surface area contributed by atoms with E-state index in [1.165, 1.54) is 6.20 Å². The molecule has 3 heterocycles. The Bertz CT molecular complexity index is 1020. The Morgan fingerprint density at radius 1 is 1.12 bits per heavy atom. The first-order valence-corrected chi connectivity index (χ1v) is 11.0. The number of carbonyl (C=O) groups excluding carboxylic acids is 3. The van der Waals surface area contributed by atoms with Crippen LogP contribution in [0, 0.1) is 12.8 Å². The summed E-state index contributed by atoms with van der Waals surface area (Å²) in [4.78, 5) is 47.7. The molecule has 0 radical (unpaired) electrons. The lowest BCUT2D eigenvalue weighted by Gasteiger charge is -2.38. The molecule has 33 heavy (non-hydrogen) atoms. The second kappa shape index (κ2) is 9.97. The number of nitrogens with zero attached hydrogens (tertiary/aromatic N) is 3. The highest BCUT2D eigenvalue weighted by atomic mass is 16.6. The van der Waals surface area contributed by atoms with Crippen molar-refractivity contribution in [2.45, 2.75) is 59.1 Å². The van der Waals surface area contributed by atoms with Gasteiger partial charge < -0.3 is 15.0 Å². The minimum atomic E-state index is -0.725. The lowest BCUT2D eigenvalue weighted by molar-refractivity contribution is -0.146. The van der Waals surface area contributed by atoms with Gasteiger partial charge in [-0.1, -0.05) is 6.92 Å². The minimum Gasteiger partial charge on any atom is -0.444 e. The first kappa shape index (κ1) is 24.2. The summed E-state index contributed by atoms with van der Waals surface area (Å²) in [6, 6.07) is 5.23. The molecule has 3 rings (SSSR count). The van der Waals surface area contributed by atoms with Crippen molar-refractivity contribution >= 4 is 29.4 Å². The van der Waals surface area contributed by atoms with Gasteiger partial charge in [-0.2, -0.15) is 0 Å². The number of nitrogens with one attached hydrogen (secondary N) is 2. The van der Waals surface area contributed by atoms with Crippen LogP contribution >= 0.6 is 0 Å². The predicted octanol–water partition coefficient (Wildman–Crippen LogP) is 4.07. The van der Waals surface area contributed by atoms with Gasteiger partial charge in [0.05, 0.1) is 17.9 Å². The fourth-order valence-corrected chi connectivity index (χ4v) is 3.80. The van der Waals surface area contributed by atoms with E-state index in [1.54, 1.807) is 51.1 Å². The van der Waals surface area contributed by atoms with Gasteiger partial charge in [0.25, 0.3) is 0 Å². The molecule has 2 N–H and O–H groups in total. The molecule has 0 unspecified atom stereocenters. The van der Waals surface area contributed by atoms with Crippen molar-refractivity contribution in [3.05, 3.63) is 47.9 Å². The van der Waals surface area contributed by atoms with Crippen LogP contribution in [-0.4, -0.2) is 44.9 Å². The largest absolute Gasteiger partial charge is 0.444 e. The molecule has 0 bridgehead atoms. The quantitative estimate of drug-likeness (QED) is 0.677. The molecule has 3 amide bonds. The number of anilines is 2. The summed E-state index contributed by atoms with van der Waals surface area (Å²) in [6.45, 7) is 9.63. The Kier molecular flexibility index (Phi) is 7.30. The van der Waals surface area contributed by atoms with Gasteiger partial charge in [-0.05, 0) is 75.8 Å². The second-order valence-electron chi connectivity index (χ2n) is 9.41. The third kappa shape index (κ3) is 6.50. The van der Waals surface area contributed by atoms with Gasteiger partial charge in [0, 0.05) is 18.9 Å². The Hall–Kier alpha value is -3.49.